The Hall–Kier alpha value is -3.15. The normalized spacial score (nSPS) is 12.6. The summed E-state index contributed by atoms with van der Waals surface area (Å²) in [6, 6.07) is 0. The zero-order valence-electron chi connectivity index (χ0n) is 43.4. The summed E-state index contributed by atoms with van der Waals surface area (Å²) in [4.78, 5) is 38.1. The Labute approximate surface area is 408 Å². The number of hydrogen-bond donors (Lipinski definition) is 0. The molecule has 380 valence electrons. The monoisotopic (exact) mass is 921 g/mol. The summed E-state index contributed by atoms with van der Waals surface area (Å²) < 4.78 is 16.8. The fourth-order valence-corrected chi connectivity index (χ4v) is 7.72. The maximum atomic E-state index is 12.8. The number of ether oxygens (including phenoxy) is 3. The third kappa shape index (κ3) is 51.8. The smallest absolute Gasteiger partial charge is 0.306 e. The SMILES string of the molecule is CC/C=C\C/C=C\C/C=C\C/C=C\CCCCCC(=O)OC(COC(=O)CCCCC/C=C\CCCCCCCCC)COC(=O)CCCCCCC/C=C\CCCCCCCCCCC. The number of allylic oxidation sites excluding steroid dienone is 12. The van der Waals surface area contributed by atoms with Gasteiger partial charge < -0.3 is 14.2 Å². The number of carbonyl (C=O) groups is 3. The van der Waals surface area contributed by atoms with E-state index in [1.165, 1.54) is 122 Å². The number of hydrogen-bond acceptors (Lipinski definition) is 6. The van der Waals surface area contributed by atoms with Crippen molar-refractivity contribution in [2.75, 3.05) is 13.2 Å². The predicted molar refractivity (Wildman–Crippen MR) is 284 cm³/mol. The molecule has 0 aliphatic rings. The van der Waals surface area contributed by atoms with Crippen LogP contribution in [-0.4, -0.2) is 37.2 Å². The third-order valence-corrected chi connectivity index (χ3v) is 11.9. The van der Waals surface area contributed by atoms with Gasteiger partial charge >= 0.3 is 17.9 Å². The van der Waals surface area contributed by atoms with Crippen molar-refractivity contribution < 1.29 is 28.6 Å². The molecule has 1 unspecified atom stereocenters. The minimum Gasteiger partial charge on any atom is -0.462 e. The van der Waals surface area contributed by atoms with Crippen LogP contribution in [-0.2, 0) is 28.6 Å². The Morgan fingerprint density at radius 1 is 0.318 bits per heavy atom. The van der Waals surface area contributed by atoms with Crippen molar-refractivity contribution in [3.05, 3.63) is 72.9 Å². The summed E-state index contributed by atoms with van der Waals surface area (Å²) in [5.74, 6) is -0.947. The number of carbonyl (C=O) groups excluding carboxylic acids is 3. The topological polar surface area (TPSA) is 78.9 Å². The van der Waals surface area contributed by atoms with Gasteiger partial charge in [0.15, 0.2) is 6.10 Å². The quantitative estimate of drug-likeness (QED) is 0.0262. The molecular weight excluding hydrogens is 817 g/mol. The Morgan fingerprint density at radius 2 is 0.591 bits per heavy atom. The molecule has 0 aromatic rings. The van der Waals surface area contributed by atoms with E-state index in [1.54, 1.807) is 0 Å². The van der Waals surface area contributed by atoms with Crippen LogP contribution in [0.1, 0.15) is 271 Å². The summed E-state index contributed by atoms with van der Waals surface area (Å²) in [6.07, 6.45) is 68.9. The van der Waals surface area contributed by atoms with Crippen molar-refractivity contribution >= 4 is 17.9 Å². The van der Waals surface area contributed by atoms with Crippen molar-refractivity contribution in [2.24, 2.45) is 0 Å². The molecule has 0 spiro atoms. The maximum Gasteiger partial charge on any atom is 0.306 e. The van der Waals surface area contributed by atoms with E-state index >= 15 is 0 Å². The molecule has 0 rings (SSSR count). The van der Waals surface area contributed by atoms with Crippen LogP contribution >= 0.6 is 0 Å². The van der Waals surface area contributed by atoms with E-state index < -0.39 is 6.10 Å². The van der Waals surface area contributed by atoms with Gasteiger partial charge in [0.2, 0.25) is 0 Å². The second kappa shape index (κ2) is 54.5. The minimum atomic E-state index is -0.801. The summed E-state index contributed by atoms with van der Waals surface area (Å²) >= 11 is 0. The average molecular weight is 921 g/mol. The van der Waals surface area contributed by atoms with Crippen LogP contribution in [0.4, 0.5) is 0 Å². The Morgan fingerprint density at radius 3 is 0.955 bits per heavy atom. The fourth-order valence-electron chi connectivity index (χ4n) is 7.72. The molecule has 0 aromatic carbocycles. The molecule has 0 heterocycles. The Balaban J connectivity index is 4.45. The highest BCUT2D eigenvalue weighted by molar-refractivity contribution is 5.71. The summed E-state index contributed by atoms with van der Waals surface area (Å²) in [7, 11) is 0. The fraction of sp³-hybridized carbons (Fsp3) is 0.750. The first-order valence-corrected chi connectivity index (χ1v) is 27.9. The van der Waals surface area contributed by atoms with Gasteiger partial charge in [-0.25, -0.2) is 0 Å². The van der Waals surface area contributed by atoms with Gasteiger partial charge in [0, 0.05) is 19.3 Å². The summed E-state index contributed by atoms with van der Waals surface area (Å²) in [5.41, 5.74) is 0. The van der Waals surface area contributed by atoms with Gasteiger partial charge in [0.05, 0.1) is 0 Å². The largest absolute Gasteiger partial charge is 0.462 e. The molecule has 0 aliphatic carbocycles. The van der Waals surface area contributed by atoms with Crippen molar-refractivity contribution in [1.82, 2.24) is 0 Å². The van der Waals surface area contributed by atoms with Crippen LogP contribution < -0.4 is 0 Å². The zero-order valence-corrected chi connectivity index (χ0v) is 43.4. The van der Waals surface area contributed by atoms with Crippen LogP contribution in [0.3, 0.4) is 0 Å². The van der Waals surface area contributed by atoms with E-state index in [0.29, 0.717) is 12.8 Å². The molecule has 6 heteroatoms. The third-order valence-electron chi connectivity index (χ3n) is 11.9. The van der Waals surface area contributed by atoms with E-state index in [9.17, 15) is 14.4 Å². The Bertz CT molecular complexity index is 1240. The lowest BCUT2D eigenvalue weighted by Crippen LogP contribution is -2.30. The first-order valence-electron chi connectivity index (χ1n) is 27.9. The van der Waals surface area contributed by atoms with Crippen LogP contribution in [0.5, 0.6) is 0 Å². The van der Waals surface area contributed by atoms with Crippen LogP contribution in [0.2, 0.25) is 0 Å². The van der Waals surface area contributed by atoms with Gasteiger partial charge in [-0.2, -0.15) is 0 Å². The average Bonchev–Trinajstić information content (AvgIpc) is 3.31. The molecule has 0 saturated heterocycles. The van der Waals surface area contributed by atoms with Crippen molar-refractivity contribution in [3.8, 4) is 0 Å². The lowest BCUT2D eigenvalue weighted by Gasteiger charge is -2.18. The lowest BCUT2D eigenvalue weighted by atomic mass is 10.1. The molecule has 0 N–H and O–H groups in total. The standard InChI is InChI=1S/C60H104O6/c1-4-7-10-13-16-19-22-25-28-30-31-33-35-38-41-44-47-50-53-59(62)65-56-57(55-64-58(61)52-49-46-43-40-37-34-27-24-21-18-15-12-9-6-3)66-60(63)54-51-48-45-42-39-36-32-29-26-23-20-17-14-11-8-5-2/h8,11,17,20,26,29,31,33-34,36-37,39,57H,4-7,9-10,12-16,18-19,21-25,27-28,30,32,35,38,40-56H2,1-3H3/b11-8-,20-17-,29-26-,33-31-,37-34-,39-36-. The molecule has 0 bridgehead atoms. The molecule has 66 heavy (non-hydrogen) atoms. The van der Waals surface area contributed by atoms with E-state index in [1.807, 2.05) is 0 Å². The number of esters is 3. The summed E-state index contributed by atoms with van der Waals surface area (Å²) in [6.45, 7) is 6.49. The van der Waals surface area contributed by atoms with Crippen molar-refractivity contribution in [3.63, 3.8) is 0 Å². The van der Waals surface area contributed by atoms with Gasteiger partial charge in [-0.3, -0.25) is 14.4 Å². The Kier molecular flexibility index (Phi) is 51.9. The van der Waals surface area contributed by atoms with E-state index in [0.717, 1.165) is 109 Å². The first-order chi connectivity index (χ1) is 32.5. The van der Waals surface area contributed by atoms with E-state index in [2.05, 4.69) is 93.7 Å². The highest BCUT2D eigenvalue weighted by atomic mass is 16.6. The van der Waals surface area contributed by atoms with E-state index in [4.69, 9.17) is 14.2 Å². The van der Waals surface area contributed by atoms with Gasteiger partial charge in [-0.1, -0.05) is 216 Å². The van der Waals surface area contributed by atoms with E-state index in [-0.39, 0.29) is 37.5 Å². The van der Waals surface area contributed by atoms with Gasteiger partial charge in [-0.15, -0.1) is 0 Å². The molecule has 0 saturated carbocycles. The van der Waals surface area contributed by atoms with Crippen LogP contribution in [0.15, 0.2) is 72.9 Å². The molecule has 0 aromatic heterocycles. The molecule has 6 nitrogen and oxygen atoms in total. The maximum absolute atomic E-state index is 12.8. The second-order valence-electron chi connectivity index (χ2n) is 18.5. The molecule has 1 atom stereocenters. The van der Waals surface area contributed by atoms with Gasteiger partial charge in [0.25, 0.3) is 0 Å². The predicted octanol–water partition coefficient (Wildman–Crippen LogP) is 18.6. The second-order valence-corrected chi connectivity index (χ2v) is 18.5. The zero-order chi connectivity index (χ0) is 47.9. The van der Waals surface area contributed by atoms with Crippen LogP contribution in [0, 0.1) is 0 Å². The van der Waals surface area contributed by atoms with Crippen molar-refractivity contribution in [1.29, 1.82) is 0 Å². The van der Waals surface area contributed by atoms with Gasteiger partial charge in [0.1, 0.15) is 13.2 Å². The molecule has 0 radical (unpaired) electrons. The summed E-state index contributed by atoms with van der Waals surface area (Å²) in [5, 5.41) is 0. The number of rotatable bonds is 50. The first kappa shape index (κ1) is 62.8. The molecule has 0 amide bonds. The van der Waals surface area contributed by atoms with Crippen LogP contribution in [0.25, 0.3) is 0 Å². The molecule has 0 aliphatic heterocycles. The molecule has 0 fully saturated rings. The number of unbranched alkanes of at least 4 members (excludes halogenated alkanes) is 27. The molecular formula is C60H104O6. The van der Waals surface area contributed by atoms with Gasteiger partial charge in [-0.05, 0) is 109 Å². The highest BCUT2D eigenvalue weighted by Crippen LogP contribution is 2.14. The minimum absolute atomic E-state index is 0.0970. The highest BCUT2D eigenvalue weighted by Gasteiger charge is 2.19. The lowest BCUT2D eigenvalue weighted by molar-refractivity contribution is -0.167. The van der Waals surface area contributed by atoms with Crippen molar-refractivity contribution in [2.45, 2.75) is 277 Å².